The number of amides is 1. The van der Waals surface area contributed by atoms with Gasteiger partial charge in [-0.3, -0.25) is 14.4 Å². The maximum atomic E-state index is 13.1. The Balaban J connectivity index is 0.00000196. The summed E-state index contributed by atoms with van der Waals surface area (Å²) in [6, 6.07) is 5.72. The summed E-state index contributed by atoms with van der Waals surface area (Å²) in [5, 5.41) is 3.39. The predicted octanol–water partition coefficient (Wildman–Crippen LogP) is 1.10. The molecule has 2 aliphatic heterocycles. The number of aryl methyl sites for hydroxylation is 1. The van der Waals surface area contributed by atoms with Gasteiger partial charge in [-0.1, -0.05) is 0 Å². The standard InChI is InChI=1S/C18H22N4O3.ClH/c1-2-21-15-6-3-11(9-14(15)20-16(23)18(21)25)17(24)22-12-4-5-13(22)10-19-8-7-12;/h3,6,9,12-13,19H,2,4-5,7-8,10H2,1H3,(H,20,23);1H. The number of aromatic nitrogens is 2. The van der Waals surface area contributed by atoms with E-state index in [1.54, 1.807) is 18.2 Å². The third-order valence-electron chi connectivity index (χ3n) is 5.43. The molecule has 2 bridgehead atoms. The summed E-state index contributed by atoms with van der Waals surface area (Å²) in [6.45, 7) is 4.01. The predicted molar refractivity (Wildman–Crippen MR) is 102 cm³/mol. The smallest absolute Gasteiger partial charge is 0.316 e. The molecule has 2 atom stereocenters. The van der Waals surface area contributed by atoms with Gasteiger partial charge in [0, 0.05) is 30.7 Å². The summed E-state index contributed by atoms with van der Waals surface area (Å²) < 4.78 is 1.43. The zero-order valence-corrected chi connectivity index (χ0v) is 15.5. The van der Waals surface area contributed by atoms with Gasteiger partial charge in [-0.05, 0) is 50.9 Å². The van der Waals surface area contributed by atoms with Crippen molar-refractivity contribution in [1.29, 1.82) is 0 Å². The molecule has 2 saturated heterocycles. The topological polar surface area (TPSA) is 87.2 Å². The molecular formula is C18H23ClN4O3. The number of hydrogen-bond acceptors (Lipinski definition) is 4. The van der Waals surface area contributed by atoms with Gasteiger partial charge < -0.3 is 19.8 Å². The molecule has 1 amide bonds. The number of H-pyrrole nitrogens is 1. The van der Waals surface area contributed by atoms with E-state index in [4.69, 9.17) is 0 Å². The molecule has 3 heterocycles. The van der Waals surface area contributed by atoms with Crippen LogP contribution in [0.4, 0.5) is 0 Å². The van der Waals surface area contributed by atoms with Crippen LogP contribution in [0.25, 0.3) is 11.0 Å². The highest BCUT2D eigenvalue weighted by Gasteiger charge is 2.38. The van der Waals surface area contributed by atoms with E-state index in [0.717, 1.165) is 32.4 Å². The lowest BCUT2D eigenvalue weighted by atomic mass is 10.1. The molecule has 0 spiro atoms. The van der Waals surface area contributed by atoms with Crippen molar-refractivity contribution in [2.45, 2.75) is 44.8 Å². The molecule has 1 aromatic heterocycles. The van der Waals surface area contributed by atoms with Crippen LogP contribution < -0.4 is 16.4 Å². The molecule has 2 fully saturated rings. The fourth-order valence-electron chi connectivity index (χ4n) is 4.19. The molecule has 2 unspecified atom stereocenters. The highest BCUT2D eigenvalue weighted by atomic mass is 35.5. The van der Waals surface area contributed by atoms with E-state index < -0.39 is 11.1 Å². The number of fused-ring (bicyclic) bond motifs is 3. The van der Waals surface area contributed by atoms with E-state index in [-0.39, 0.29) is 30.4 Å². The Morgan fingerprint density at radius 1 is 1.19 bits per heavy atom. The zero-order chi connectivity index (χ0) is 17.6. The number of halogens is 1. The molecule has 7 nitrogen and oxygen atoms in total. The van der Waals surface area contributed by atoms with E-state index in [1.165, 1.54) is 4.57 Å². The number of hydrogen-bond donors (Lipinski definition) is 2. The highest BCUT2D eigenvalue weighted by molar-refractivity contribution is 5.97. The second-order valence-electron chi connectivity index (χ2n) is 6.83. The van der Waals surface area contributed by atoms with E-state index in [9.17, 15) is 14.4 Å². The van der Waals surface area contributed by atoms with Crippen LogP contribution in [0, 0.1) is 0 Å². The number of carbonyl (C=O) groups is 1. The van der Waals surface area contributed by atoms with Crippen molar-refractivity contribution < 1.29 is 4.79 Å². The van der Waals surface area contributed by atoms with Crippen LogP contribution >= 0.6 is 12.4 Å². The lowest BCUT2D eigenvalue weighted by molar-refractivity contribution is 0.0680. The molecule has 0 saturated carbocycles. The molecule has 140 valence electrons. The minimum Gasteiger partial charge on any atom is -0.331 e. The molecule has 0 radical (unpaired) electrons. The van der Waals surface area contributed by atoms with Crippen LogP contribution in [-0.2, 0) is 6.54 Å². The quantitative estimate of drug-likeness (QED) is 0.766. The van der Waals surface area contributed by atoms with Crippen LogP contribution in [0.5, 0.6) is 0 Å². The number of nitrogens with zero attached hydrogens (tertiary/aromatic N) is 2. The van der Waals surface area contributed by atoms with Crippen LogP contribution in [0.15, 0.2) is 27.8 Å². The van der Waals surface area contributed by atoms with Crippen LogP contribution in [0.2, 0.25) is 0 Å². The maximum absolute atomic E-state index is 13.1. The number of carbonyl (C=O) groups excluding carboxylic acids is 1. The minimum absolute atomic E-state index is 0. The van der Waals surface area contributed by atoms with Gasteiger partial charge in [-0.2, -0.15) is 0 Å². The van der Waals surface area contributed by atoms with Gasteiger partial charge in [-0.15, -0.1) is 12.4 Å². The first-order chi connectivity index (χ1) is 12.1. The average Bonchev–Trinajstić information content (AvgIpc) is 2.88. The van der Waals surface area contributed by atoms with Crippen molar-refractivity contribution in [2.24, 2.45) is 0 Å². The Bertz CT molecular complexity index is 938. The minimum atomic E-state index is -0.655. The molecular weight excluding hydrogens is 356 g/mol. The Hall–Kier alpha value is -2.12. The fourth-order valence-corrected chi connectivity index (χ4v) is 4.19. The number of aromatic amines is 1. The molecule has 0 aliphatic carbocycles. The summed E-state index contributed by atoms with van der Waals surface area (Å²) in [5.41, 5.74) is 0.508. The van der Waals surface area contributed by atoms with Gasteiger partial charge in [0.2, 0.25) is 0 Å². The van der Waals surface area contributed by atoms with Crippen molar-refractivity contribution in [3.63, 3.8) is 0 Å². The third kappa shape index (κ3) is 2.95. The molecule has 4 rings (SSSR count). The van der Waals surface area contributed by atoms with Crippen molar-refractivity contribution >= 4 is 29.3 Å². The number of nitrogens with one attached hydrogen (secondary N) is 2. The molecule has 2 aliphatic rings. The summed E-state index contributed by atoms with van der Waals surface area (Å²) in [4.78, 5) is 41.5. The van der Waals surface area contributed by atoms with E-state index >= 15 is 0 Å². The molecule has 2 N–H and O–H groups in total. The van der Waals surface area contributed by atoms with Gasteiger partial charge in [0.25, 0.3) is 5.91 Å². The van der Waals surface area contributed by atoms with E-state index in [0.29, 0.717) is 23.1 Å². The molecule has 8 heteroatoms. The van der Waals surface area contributed by atoms with Crippen molar-refractivity contribution in [3.05, 3.63) is 44.5 Å². The molecule has 2 aromatic rings. The average molecular weight is 379 g/mol. The number of benzene rings is 1. The number of rotatable bonds is 2. The first-order valence-electron chi connectivity index (χ1n) is 8.90. The molecule has 26 heavy (non-hydrogen) atoms. The first-order valence-corrected chi connectivity index (χ1v) is 8.90. The Kier molecular flexibility index (Phi) is 5.20. The Morgan fingerprint density at radius 2 is 1.96 bits per heavy atom. The van der Waals surface area contributed by atoms with E-state index in [1.807, 2.05) is 11.8 Å². The van der Waals surface area contributed by atoms with Gasteiger partial charge >= 0.3 is 11.1 Å². The third-order valence-corrected chi connectivity index (χ3v) is 5.43. The summed E-state index contributed by atoms with van der Waals surface area (Å²) in [6.07, 6.45) is 3.06. The van der Waals surface area contributed by atoms with Crippen LogP contribution in [-0.4, -0.2) is 45.5 Å². The van der Waals surface area contributed by atoms with Gasteiger partial charge in [0.05, 0.1) is 11.0 Å². The maximum Gasteiger partial charge on any atom is 0.316 e. The summed E-state index contributed by atoms with van der Waals surface area (Å²) >= 11 is 0. The Morgan fingerprint density at radius 3 is 2.73 bits per heavy atom. The summed E-state index contributed by atoms with van der Waals surface area (Å²) in [5.74, 6) is 0.00759. The lowest BCUT2D eigenvalue weighted by Crippen LogP contribution is -2.42. The summed E-state index contributed by atoms with van der Waals surface area (Å²) in [7, 11) is 0. The fraction of sp³-hybridized carbons (Fsp3) is 0.500. The van der Waals surface area contributed by atoms with E-state index in [2.05, 4.69) is 10.3 Å². The molecule has 1 aromatic carbocycles. The van der Waals surface area contributed by atoms with Crippen molar-refractivity contribution in [2.75, 3.05) is 13.1 Å². The SMILES string of the molecule is CCn1c(=O)c(=O)[nH]c2cc(C(=O)N3C4CCNCC3CC4)ccc21.Cl. The zero-order valence-electron chi connectivity index (χ0n) is 14.7. The van der Waals surface area contributed by atoms with Gasteiger partial charge in [-0.25, -0.2) is 0 Å². The highest BCUT2D eigenvalue weighted by Crippen LogP contribution is 2.30. The lowest BCUT2D eigenvalue weighted by Gasteiger charge is -2.28. The monoisotopic (exact) mass is 378 g/mol. The van der Waals surface area contributed by atoms with Gasteiger partial charge in [0.15, 0.2) is 0 Å². The Labute approximate surface area is 156 Å². The largest absolute Gasteiger partial charge is 0.331 e. The van der Waals surface area contributed by atoms with Crippen molar-refractivity contribution in [3.8, 4) is 0 Å². The van der Waals surface area contributed by atoms with Crippen molar-refractivity contribution in [1.82, 2.24) is 19.8 Å². The van der Waals surface area contributed by atoms with Gasteiger partial charge in [0.1, 0.15) is 0 Å². The van der Waals surface area contributed by atoms with Crippen LogP contribution in [0.1, 0.15) is 36.5 Å². The first kappa shape index (κ1) is 18.7. The second-order valence-corrected chi connectivity index (χ2v) is 6.83. The normalized spacial score (nSPS) is 22.1. The van der Waals surface area contributed by atoms with Crippen LogP contribution in [0.3, 0.4) is 0 Å². The second kappa shape index (κ2) is 7.25.